The third kappa shape index (κ3) is 2.76. The van der Waals surface area contributed by atoms with Crippen LogP contribution >= 0.6 is 0 Å². The Labute approximate surface area is 111 Å². The van der Waals surface area contributed by atoms with Gasteiger partial charge in [-0.2, -0.15) is 0 Å². The van der Waals surface area contributed by atoms with Crippen LogP contribution in [0.15, 0.2) is 30.3 Å². The van der Waals surface area contributed by atoms with E-state index in [0.29, 0.717) is 12.1 Å². The number of nitrogens with zero attached hydrogens (tertiary/aromatic N) is 1. The maximum Gasteiger partial charge on any atom is 0.0473 e. The number of benzene rings is 1. The van der Waals surface area contributed by atoms with Gasteiger partial charge in [0.1, 0.15) is 0 Å². The first-order chi connectivity index (χ1) is 8.77. The molecule has 1 fully saturated rings. The number of rotatable bonds is 5. The van der Waals surface area contributed by atoms with Gasteiger partial charge in [-0.15, -0.1) is 0 Å². The summed E-state index contributed by atoms with van der Waals surface area (Å²) in [5.74, 6) is 0. The van der Waals surface area contributed by atoms with Crippen molar-refractivity contribution >= 4 is 0 Å². The van der Waals surface area contributed by atoms with Crippen LogP contribution in [-0.2, 0) is 0 Å². The van der Waals surface area contributed by atoms with Gasteiger partial charge in [-0.3, -0.25) is 4.90 Å². The van der Waals surface area contributed by atoms with Crippen molar-refractivity contribution in [1.29, 1.82) is 0 Å². The molecule has 2 heteroatoms. The minimum Gasteiger partial charge on any atom is -0.312 e. The Hall–Kier alpha value is -0.860. The average molecular weight is 246 g/mol. The van der Waals surface area contributed by atoms with Crippen molar-refractivity contribution in [2.45, 2.75) is 51.2 Å². The fourth-order valence-corrected chi connectivity index (χ4v) is 3.37. The lowest BCUT2D eigenvalue weighted by atomic mass is 9.98. The molecule has 0 bridgehead atoms. The van der Waals surface area contributed by atoms with E-state index in [1.165, 1.54) is 31.4 Å². The first kappa shape index (κ1) is 13.6. The number of likely N-dealkylation sites (tertiary alicyclic amines) is 1. The highest BCUT2D eigenvalue weighted by atomic mass is 15.2. The molecular formula is C16H26N2. The summed E-state index contributed by atoms with van der Waals surface area (Å²) in [5, 5.41) is 3.50. The molecule has 1 aliphatic rings. The summed E-state index contributed by atoms with van der Waals surface area (Å²) in [6.07, 6.45) is 4.00. The van der Waals surface area contributed by atoms with Crippen molar-refractivity contribution in [3.8, 4) is 0 Å². The molecule has 0 radical (unpaired) electrons. The van der Waals surface area contributed by atoms with E-state index in [1.807, 2.05) is 0 Å². The fraction of sp³-hybridized carbons (Fsp3) is 0.625. The average Bonchev–Trinajstić information content (AvgIpc) is 2.89. The van der Waals surface area contributed by atoms with E-state index < -0.39 is 0 Å². The van der Waals surface area contributed by atoms with Gasteiger partial charge >= 0.3 is 0 Å². The van der Waals surface area contributed by atoms with E-state index in [4.69, 9.17) is 0 Å². The van der Waals surface area contributed by atoms with E-state index in [1.54, 1.807) is 0 Å². The molecule has 1 saturated heterocycles. The Morgan fingerprint density at radius 1 is 1.33 bits per heavy atom. The van der Waals surface area contributed by atoms with Crippen LogP contribution in [0.3, 0.4) is 0 Å². The van der Waals surface area contributed by atoms with Gasteiger partial charge in [0.15, 0.2) is 0 Å². The van der Waals surface area contributed by atoms with Crippen LogP contribution in [0.2, 0.25) is 0 Å². The first-order valence-corrected chi connectivity index (χ1v) is 7.25. The van der Waals surface area contributed by atoms with Crippen molar-refractivity contribution in [2.75, 3.05) is 13.6 Å². The predicted octanol–water partition coefficient (Wildman–Crippen LogP) is 3.21. The summed E-state index contributed by atoms with van der Waals surface area (Å²) in [6.45, 7) is 5.93. The van der Waals surface area contributed by atoms with Crippen molar-refractivity contribution in [2.24, 2.45) is 0 Å². The maximum atomic E-state index is 3.50. The molecule has 3 unspecified atom stereocenters. The Balaban J connectivity index is 2.12. The van der Waals surface area contributed by atoms with Crippen LogP contribution in [0.4, 0.5) is 0 Å². The molecular weight excluding hydrogens is 220 g/mol. The van der Waals surface area contributed by atoms with Gasteiger partial charge in [0, 0.05) is 18.1 Å². The quantitative estimate of drug-likeness (QED) is 0.858. The normalized spacial score (nSPS) is 24.1. The van der Waals surface area contributed by atoms with Crippen molar-refractivity contribution in [3.63, 3.8) is 0 Å². The first-order valence-electron chi connectivity index (χ1n) is 7.25. The van der Waals surface area contributed by atoms with E-state index in [9.17, 15) is 0 Å². The molecule has 100 valence electrons. The molecule has 2 nitrogen and oxygen atoms in total. The molecule has 18 heavy (non-hydrogen) atoms. The van der Waals surface area contributed by atoms with E-state index in [-0.39, 0.29) is 0 Å². The van der Waals surface area contributed by atoms with Gasteiger partial charge in [-0.1, -0.05) is 37.3 Å². The van der Waals surface area contributed by atoms with E-state index in [0.717, 1.165) is 6.04 Å². The Morgan fingerprint density at radius 3 is 2.67 bits per heavy atom. The molecule has 0 saturated carbocycles. The number of hydrogen-bond acceptors (Lipinski definition) is 2. The minimum atomic E-state index is 0.429. The second-order valence-corrected chi connectivity index (χ2v) is 5.36. The van der Waals surface area contributed by atoms with Gasteiger partial charge in [0.25, 0.3) is 0 Å². The van der Waals surface area contributed by atoms with Gasteiger partial charge in [-0.05, 0) is 45.3 Å². The maximum absolute atomic E-state index is 3.50. The lowest BCUT2D eigenvalue weighted by Crippen LogP contribution is -2.44. The molecule has 0 amide bonds. The Kier molecular flexibility index (Phi) is 4.79. The number of likely N-dealkylation sites (N-methyl/N-ethyl adjacent to an activating group) is 1. The summed E-state index contributed by atoms with van der Waals surface area (Å²) in [4.78, 5) is 2.69. The van der Waals surface area contributed by atoms with Gasteiger partial charge in [-0.25, -0.2) is 0 Å². The molecule has 0 aromatic heterocycles. The summed E-state index contributed by atoms with van der Waals surface area (Å²) in [5.41, 5.74) is 1.40. The predicted molar refractivity (Wildman–Crippen MR) is 77.7 cm³/mol. The summed E-state index contributed by atoms with van der Waals surface area (Å²) in [7, 11) is 2.07. The molecule has 1 aromatic carbocycles. The molecule has 2 rings (SSSR count). The second kappa shape index (κ2) is 6.35. The Bertz CT molecular complexity index is 349. The van der Waals surface area contributed by atoms with Crippen molar-refractivity contribution in [3.05, 3.63) is 35.9 Å². The Morgan fingerprint density at radius 2 is 2.06 bits per heavy atom. The monoisotopic (exact) mass is 246 g/mol. The van der Waals surface area contributed by atoms with Crippen LogP contribution < -0.4 is 5.32 Å². The molecule has 1 heterocycles. The van der Waals surface area contributed by atoms with Gasteiger partial charge in [0.2, 0.25) is 0 Å². The topological polar surface area (TPSA) is 15.3 Å². The van der Waals surface area contributed by atoms with Crippen molar-refractivity contribution < 1.29 is 0 Å². The molecule has 0 aliphatic carbocycles. The van der Waals surface area contributed by atoms with Crippen LogP contribution in [0.1, 0.15) is 44.7 Å². The zero-order valence-corrected chi connectivity index (χ0v) is 11.9. The van der Waals surface area contributed by atoms with Gasteiger partial charge < -0.3 is 5.32 Å². The van der Waals surface area contributed by atoms with Crippen molar-refractivity contribution in [1.82, 2.24) is 10.2 Å². The van der Waals surface area contributed by atoms with E-state index >= 15 is 0 Å². The fourth-order valence-electron chi connectivity index (χ4n) is 3.37. The third-order valence-electron chi connectivity index (χ3n) is 4.37. The second-order valence-electron chi connectivity index (χ2n) is 5.36. The molecule has 1 N–H and O–H groups in total. The van der Waals surface area contributed by atoms with Crippen LogP contribution in [-0.4, -0.2) is 30.6 Å². The summed E-state index contributed by atoms with van der Waals surface area (Å²) >= 11 is 0. The highest BCUT2D eigenvalue weighted by Gasteiger charge is 2.31. The zero-order chi connectivity index (χ0) is 13.0. The highest BCUT2D eigenvalue weighted by Crippen LogP contribution is 2.28. The van der Waals surface area contributed by atoms with E-state index in [2.05, 4.69) is 61.4 Å². The minimum absolute atomic E-state index is 0.429. The SMILES string of the molecule is CCC1CCCN1C(C)C(NC)c1ccccc1. The van der Waals surface area contributed by atoms with Crippen LogP contribution in [0.25, 0.3) is 0 Å². The van der Waals surface area contributed by atoms with Gasteiger partial charge in [0.05, 0.1) is 0 Å². The number of hydrogen-bond donors (Lipinski definition) is 1. The van der Waals surface area contributed by atoms with Crippen LogP contribution in [0, 0.1) is 0 Å². The smallest absolute Gasteiger partial charge is 0.0473 e. The summed E-state index contributed by atoms with van der Waals surface area (Å²) in [6, 6.07) is 12.6. The zero-order valence-electron chi connectivity index (χ0n) is 11.9. The molecule has 1 aromatic rings. The summed E-state index contributed by atoms with van der Waals surface area (Å²) < 4.78 is 0. The molecule has 3 atom stereocenters. The van der Waals surface area contributed by atoms with Crippen LogP contribution in [0.5, 0.6) is 0 Å². The largest absolute Gasteiger partial charge is 0.312 e. The highest BCUT2D eigenvalue weighted by molar-refractivity contribution is 5.20. The lowest BCUT2D eigenvalue weighted by molar-refractivity contribution is 0.154. The molecule has 0 spiro atoms. The molecule has 1 aliphatic heterocycles. The third-order valence-corrected chi connectivity index (χ3v) is 4.37. The standard InChI is InChI=1S/C16H26N2/c1-4-15-11-8-12-18(15)13(2)16(17-3)14-9-6-5-7-10-14/h5-7,9-10,13,15-17H,4,8,11-12H2,1-3H3. The number of nitrogens with one attached hydrogen (secondary N) is 1. The lowest BCUT2D eigenvalue weighted by Gasteiger charge is -2.35.